The predicted molar refractivity (Wildman–Crippen MR) is 109 cm³/mol. The van der Waals surface area contributed by atoms with Crippen molar-refractivity contribution in [3.05, 3.63) is 55.8 Å². The molecule has 0 aliphatic rings. The average Bonchev–Trinajstić information content (AvgIpc) is 3.02. The van der Waals surface area contributed by atoms with Crippen LogP contribution < -0.4 is 11.2 Å². The van der Waals surface area contributed by atoms with E-state index in [1.54, 1.807) is 11.7 Å². The van der Waals surface area contributed by atoms with Crippen molar-refractivity contribution >= 4 is 32.8 Å². The van der Waals surface area contributed by atoms with Crippen LogP contribution in [0.25, 0.3) is 16.7 Å². The van der Waals surface area contributed by atoms with Crippen LogP contribution in [0.3, 0.4) is 0 Å². The monoisotopic (exact) mass is 468 g/mol. The minimum absolute atomic E-state index is 0.128. The number of carbonyl (C=O) groups excluding carboxylic acids is 1. The Morgan fingerprint density at radius 1 is 1.21 bits per heavy atom. The van der Waals surface area contributed by atoms with Gasteiger partial charge in [0.25, 0.3) is 5.56 Å². The molecule has 156 valence electrons. The molecule has 0 amide bonds. The molecule has 0 fully saturated rings. The Morgan fingerprint density at radius 2 is 1.90 bits per heavy atom. The van der Waals surface area contributed by atoms with Gasteiger partial charge in [-0.1, -0.05) is 15.9 Å². The van der Waals surface area contributed by atoms with Crippen LogP contribution >= 0.6 is 15.9 Å². The maximum atomic E-state index is 11.8. The van der Waals surface area contributed by atoms with E-state index in [-0.39, 0.29) is 12.4 Å². The van der Waals surface area contributed by atoms with Gasteiger partial charge in [-0.05, 0) is 18.2 Å². The lowest BCUT2D eigenvalue weighted by atomic mass is 10.2. The zero-order valence-corrected chi connectivity index (χ0v) is 17.9. The number of ether oxygens (including phenoxy) is 3. The van der Waals surface area contributed by atoms with Gasteiger partial charge in [-0.15, -0.1) is 0 Å². The van der Waals surface area contributed by atoms with Gasteiger partial charge in [-0.2, -0.15) is 5.10 Å². The summed E-state index contributed by atoms with van der Waals surface area (Å²) < 4.78 is 17.8. The first-order chi connectivity index (χ1) is 13.8. The summed E-state index contributed by atoms with van der Waals surface area (Å²) in [6.45, 7) is 0. The first-order valence-corrected chi connectivity index (χ1v) is 9.17. The van der Waals surface area contributed by atoms with Crippen LogP contribution in [-0.4, -0.2) is 52.9 Å². The van der Waals surface area contributed by atoms with Crippen molar-refractivity contribution in [3.63, 3.8) is 0 Å². The number of nitrogens with zero attached hydrogens (tertiary/aromatic N) is 3. The van der Waals surface area contributed by atoms with Crippen LogP contribution in [0, 0.1) is 0 Å². The quantitative estimate of drug-likeness (QED) is 0.443. The number of hydrogen-bond acceptors (Lipinski definition) is 7. The maximum Gasteiger partial charge on any atom is 0.334 e. The largest absolute Gasteiger partial charge is 0.469 e. The molecule has 1 N–H and O–H groups in total. The third-order valence-corrected chi connectivity index (χ3v) is 4.43. The van der Waals surface area contributed by atoms with Crippen molar-refractivity contribution in [2.75, 3.05) is 21.3 Å². The molecular formula is C18H21BrN4O6. The molecule has 3 aromatic rings. The number of esters is 1. The van der Waals surface area contributed by atoms with Gasteiger partial charge >= 0.3 is 11.7 Å². The maximum absolute atomic E-state index is 11.8. The summed E-state index contributed by atoms with van der Waals surface area (Å²) in [6.07, 6.45) is 1.06. The molecular weight excluding hydrogens is 448 g/mol. The van der Waals surface area contributed by atoms with Gasteiger partial charge in [0.15, 0.2) is 12.1 Å². The number of benzene rings is 1. The minimum atomic E-state index is -0.504. The Bertz CT molecular complexity index is 1100. The van der Waals surface area contributed by atoms with Crippen molar-refractivity contribution in [1.29, 1.82) is 0 Å². The van der Waals surface area contributed by atoms with E-state index in [1.807, 2.05) is 18.2 Å². The van der Waals surface area contributed by atoms with Crippen LogP contribution in [0.15, 0.2) is 44.5 Å². The van der Waals surface area contributed by atoms with E-state index < -0.39 is 17.5 Å². The number of rotatable bonds is 5. The number of aromatic nitrogens is 4. The fourth-order valence-corrected chi connectivity index (χ4v) is 2.80. The zero-order chi connectivity index (χ0) is 21.6. The van der Waals surface area contributed by atoms with Crippen molar-refractivity contribution in [2.45, 2.75) is 12.7 Å². The second-order valence-electron chi connectivity index (χ2n) is 5.77. The number of halogens is 1. The number of fused-ring (bicyclic) bond motifs is 1. The van der Waals surface area contributed by atoms with Gasteiger partial charge < -0.3 is 14.2 Å². The number of hydrogen-bond donors (Lipinski definition) is 1. The van der Waals surface area contributed by atoms with Crippen LogP contribution in [0.5, 0.6) is 0 Å². The summed E-state index contributed by atoms with van der Waals surface area (Å²) in [5.74, 6) is 0.153. The molecule has 0 radical (unpaired) electrons. The number of H-pyrrole nitrogens is 1. The summed E-state index contributed by atoms with van der Waals surface area (Å²) in [5.41, 5.74) is -0.0397. The molecule has 0 spiro atoms. The normalized spacial score (nSPS) is 10.7. The van der Waals surface area contributed by atoms with E-state index >= 15 is 0 Å². The zero-order valence-electron chi connectivity index (χ0n) is 16.3. The average molecular weight is 469 g/mol. The van der Waals surface area contributed by atoms with Gasteiger partial charge in [0.05, 0.1) is 19.0 Å². The van der Waals surface area contributed by atoms with Gasteiger partial charge in [0.1, 0.15) is 0 Å². The summed E-state index contributed by atoms with van der Waals surface area (Å²) in [7, 11) is 6.06. The highest BCUT2D eigenvalue weighted by atomic mass is 79.9. The van der Waals surface area contributed by atoms with Gasteiger partial charge in [0.2, 0.25) is 0 Å². The molecule has 1 aromatic carbocycles. The van der Waals surface area contributed by atoms with E-state index in [9.17, 15) is 14.4 Å². The van der Waals surface area contributed by atoms with Crippen LogP contribution in [0.1, 0.15) is 6.42 Å². The third kappa shape index (κ3) is 5.62. The SMILES string of the molecule is COC(=O)CC(OC)OC.Cn1nc(-n2ccc(=O)[nH]c2=O)c2ccc(Br)cc21. The molecule has 0 unspecified atom stereocenters. The lowest BCUT2D eigenvalue weighted by molar-refractivity contribution is -0.156. The number of aromatic amines is 1. The topological polar surface area (TPSA) is 117 Å². The molecule has 0 aliphatic carbocycles. The van der Waals surface area contributed by atoms with Gasteiger partial charge in [-0.25, -0.2) is 4.79 Å². The molecule has 3 rings (SSSR count). The molecule has 0 bridgehead atoms. The van der Waals surface area contributed by atoms with E-state index in [0.29, 0.717) is 5.82 Å². The van der Waals surface area contributed by atoms with Crippen molar-refractivity contribution in [3.8, 4) is 5.82 Å². The van der Waals surface area contributed by atoms with E-state index in [1.165, 1.54) is 38.2 Å². The molecule has 0 saturated heterocycles. The lowest BCUT2D eigenvalue weighted by Crippen LogP contribution is -2.27. The fraction of sp³-hybridized carbons (Fsp3) is 0.333. The van der Waals surface area contributed by atoms with Crippen molar-refractivity contribution in [1.82, 2.24) is 19.3 Å². The molecule has 0 atom stereocenters. The summed E-state index contributed by atoms with van der Waals surface area (Å²) in [4.78, 5) is 35.7. The second kappa shape index (κ2) is 10.1. The standard InChI is InChI=1S/C12H9BrN4O2.C6H12O4/c1-16-9-6-7(13)2-3-8(9)11(15-16)17-5-4-10(18)14-12(17)19;1-8-5(7)4-6(9-2)10-3/h2-6H,1H3,(H,14,18,19);6H,4H2,1-3H3. The Labute approximate surface area is 174 Å². The molecule has 29 heavy (non-hydrogen) atoms. The Morgan fingerprint density at radius 3 is 2.48 bits per heavy atom. The van der Waals surface area contributed by atoms with E-state index in [2.05, 4.69) is 30.7 Å². The molecule has 2 heterocycles. The first-order valence-electron chi connectivity index (χ1n) is 8.37. The highest BCUT2D eigenvalue weighted by molar-refractivity contribution is 9.10. The predicted octanol–water partition coefficient (Wildman–Crippen LogP) is 1.34. The molecule has 10 nitrogen and oxygen atoms in total. The first kappa shape index (κ1) is 22.5. The number of methoxy groups -OCH3 is 3. The molecule has 11 heteroatoms. The van der Waals surface area contributed by atoms with E-state index in [0.717, 1.165) is 15.4 Å². The number of nitrogens with one attached hydrogen (secondary N) is 1. The number of aryl methyl sites for hydroxylation is 1. The van der Waals surface area contributed by atoms with Crippen LogP contribution in [0.2, 0.25) is 0 Å². The second-order valence-corrected chi connectivity index (χ2v) is 6.69. The van der Waals surface area contributed by atoms with Gasteiger partial charge in [0, 0.05) is 43.4 Å². The fourth-order valence-electron chi connectivity index (χ4n) is 2.46. The summed E-state index contributed by atoms with van der Waals surface area (Å²) in [6, 6.07) is 6.97. The van der Waals surface area contributed by atoms with Gasteiger partial charge in [-0.3, -0.25) is 23.8 Å². The smallest absolute Gasteiger partial charge is 0.334 e. The highest BCUT2D eigenvalue weighted by Crippen LogP contribution is 2.23. The Kier molecular flexibility index (Phi) is 7.88. The van der Waals surface area contributed by atoms with Crippen molar-refractivity contribution < 1.29 is 19.0 Å². The lowest BCUT2D eigenvalue weighted by Gasteiger charge is -2.10. The third-order valence-electron chi connectivity index (χ3n) is 3.93. The minimum Gasteiger partial charge on any atom is -0.469 e. The molecule has 0 aliphatic heterocycles. The highest BCUT2D eigenvalue weighted by Gasteiger charge is 2.12. The van der Waals surface area contributed by atoms with E-state index in [4.69, 9.17) is 9.47 Å². The molecule has 2 aromatic heterocycles. The molecule has 0 saturated carbocycles. The summed E-state index contributed by atoms with van der Waals surface area (Å²) in [5, 5.41) is 5.16. The summed E-state index contributed by atoms with van der Waals surface area (Å²) >= 11 is 3.40. The van der Waals surface area contributed by atoms with Crippen LogP contribution in [-0.2, 0) is 26.1 Å². The number of carbonyl (C=O) groups is 1. The Hall–Kier alpha value is -2.76. The Balaban J connectivity index is 0.000000257. The van der Waals surface area contributed by atoms with Crippen LogP contribution in [0.4, 0.5) is 0 Å². The van der Waals surface area contributed by atoms with Crippen molar-refractivity contribution in [2.24, 2.45) is 7.05 Å².